The zero-order valence-corrected chi connectivity index (χ0v) is 14.3. The van der Waals surface area contributed by atoms with E-state index in [1.807, 2.05) is 11.8 Å². The van der Waals surface area contributed by atoms with Gasteiger partial charge in [-0.1, -0.05) is 6.92 Å². The molecule has 0 radical (unpaired) electrons. The molecule has 0 atom stereocenters. The van der Waals surface area contributed by atoms with E-state index < -0.39 is 4.92 Å². The monoisotopic (exact) mass is 335 g/mol. The largest absolute Gasteiger partial charge is 0.395 e. The molecule has 1 aromatic carbocycles. The molecule has 2 rings (SSSR count). The van der Waals surface area contributed by atoms with Gasteiger partial charge < -0.3 is 14.9 Å². The molecular weight excluding hydrogens is 310 g/mol. The molecular formula is C17H25N3O4. The van der Waals surface area contributed by atoms with Crippen molar-refractivity contribution in [1.29, 1.82) is 0 Å². The minimum Gasteiger partial charge on any atom is -0.395 e. The Morgan fingerprint density at radius 3 is 2.62 bits per heavy atom. The number of rotatable bonds is 6. The molecule has 1 heterocycles. The number of aliphatic hydroxyl groups excluding tert-OH is 1. The van der Waals surface area contributed by atoms with Crippen molar-refractivity contribution in [3.8, 4) is 0 Å². The molecule has 7 heteroatoms. The third-order valence-corrected chi connectivity index (χ3v) is 4.58. The van der Waals surface area contributed by atoms with Crippen LogP contribution in [0.4, 0.5) is 11.4 Å². The van der Waals surface area contributed by atoms with E-state index in [1.165, 1.54) is 11.0 Å². The highest BCUT2D eigenvalue weighted by Crippen LogP contribution is 2.32. The second-order valence-corrected chi connectivity index (χ2v) is 6.24. The molecule has 1 aliphatic heterocycles. The first-order valence-corrected chi connectivity index (χ1v) is 8.41. The van der Waals surface area contributed by atoms with Crippen LogP contribution >= 0.6 is 0 Å². The maximum atomic E-state index is 12.4. The van der Waals surface area contributed by atoms with Crippen LogP contribution in [0.2, 0.25) is 0 Å². The van der Waals surface area contributed by atoms with Gasteiger partial charge in [-0.2, -0.15) is 0 Å². The zero-order valence-electron chi connectivity index (χ0n) is 14.3. The number of nitro groups is 1. The van der Waals surface area contributed by atoms with Crippen LogP contribution < -0.4 is 4.90 Å². The van der Waals surface area contributed by atoms with Gasteiger partial charge in [-0.25, -0.2) is 0 Å². The molecule has 1 aliphatic rings. The van der Waals surface area contributed by atoms with Crippen LogP contribution in [0.15, 0.2) is 18.2 Å². The Morgan fingerprint density at radius 1 is 1.42 bits per heavy atom. The number of carbonyl (C=O) groups is 1. The smallest absolute Gasteiger partial charge is 0.293 e. The van der Waals surface area contributed by atoms with E-state index in [0.29, 0.717) is 18.2 Å². The van der Waals surface area contributed by atoms with Crippen molar-refractivity contribution >= 4 is 17.3 Å². The average molecular weight is 335 g/mol. The number of piperidine rings is 1. The van der Waals surface area contributed by atoms with Crippen LogP contribution in [0.25, 0.3) is 0 Å². The molecule has 1 N–H and O–H groups in total. The number of nitrogens with zero attached hydrogens (tertiary/aromatic N) is 3. The highest BCUT2D eigenvalue weighted by molar-refractivity contribution is 5.95. The number of anilines is 1. The topological polar surface area (TPSA) is 86.9 Å². The number of benzene rings is 1. The number of carbonyl (C=O) groups excluding carboxylic acids is 1. The second-order valence-electron chi connectivity index (χ2n) is 6.24. The lowest BCUT2D eigenvalue weighted by atomic mass is 9.98. The molecule has 0 saturated carbocycles. The van der Waals surface area contributed by atoms with Crippen molar-refractivity contribution in [3.63, 3.8) is 0 Å². The summed E-state index contributed by atoms with van der Waals surface area (Å²) in [5.74, 6) is 0.339. The molecule has 1 amide bonds. The molecule has 0 aliphatic carbocycles. The van der Waals surface area contributed by atoms with Crippen molar-refractivity contribution in [2.75, 3.05) is 37.7 Å². The Balaban J connectivity index is 2.29. The Morgan fingerprint density at radius 2 is 2.08 bits per heavy atom. The Hall–Kier alpha value is -2.15. The molecule has 1 fully saturated rings. The zero-order chi connectivity index (χ0) is 17.7. The van der Waals surface area contributed by atoms with E-state index in [1.54, 1.807) is 12.1 Å². The van der Waals surface area contributed by atoms with Crippen LogP contribution in [0.5, 0.6) is 0 Å². The van der Waals surface area contributed by atoms with Crippen molar-refractivity contribution in [2.45, 2.75) is 26.7 Å². The van der Waals surface area contributed by atoms with Crippen LogP contribution in [-0.4, -0.2) is 53.6 Å². The highest BCUT2D eigenvalue weighted by atomic mass is 16.6. The van der Waals surface area contributed by atoms with E-state index in [2.05, 4.69) is 6.92 Å². The SMILES string of the molecule is CCN(CCO)C(=O)c1ccc(N2CCC(C)CC2)c([N+](=O)[O-])c1. The molecule has 1 aromatic rings. The Labute approximate surface area is 142 Å². The quantitative estimate of drug-likeness (QED) is 0.636. The summed E-state index contributed by atoms with van der Waals surface area (Å²) in [4.78, 5) is 27.0. The van der Waals surface area contributed by atoms with Gasteiger partial charge in [0.1, 0.15) is 5.69 Å². The molecule has 0 unspecified atom stereocenters. The van der Waals surface area contributed by atoms with Gasteiger partial charge in [-0.05, 0) is 37.8 Å². The molecule has 7 nitrogen and oxygen atoms in total. The molecule has 0 bridgehead atoms. The van der Waals surface area contributed by atoms with Crippen molar-refractivity contribution in [3.05, 3.63) is 33.9 Å². The van der Waals surface area contributed by atoms with E-state index in [-0.39, 0.29) is 30.3 Å². The van der Waals surface area contributed by atoms with Crippen molar-refractivity contribution < 1.29 is 14.8 Å². The van der Waals surface area contributed by atoms with Crippen LogP contribution in [0.3, 0.4) is 0 Å². The van der Waals surface area contributed by atoms with E-state index >= 15 is 0 Å². The van der Waals surface area contributed by atoms with Gasteiger partial charge in [-0.15, -0.1) is 0 Å². The number of hydrogen-bond donors (Lipinski definition) is 1. The normalized spacial score (nSPS) is 15.4. The second kappa shape index (κ2) is 8.10. The first-order valence-electron chi connectivity index (χ1n) is 8.41. The summed E-state index contributed by atoms with van der Waals surface area (Å²) in [6.07, 6.45) is 2.02. The fourth-order valence-corrected chi connectivity index (χ4v) is 3.03. The third kappa shape index (κ3) is 4.03. The predicted octanol–water partition coefficient (Wildman–Crippen LogP) is 2.29. The molecule has 132 valence electrons. The maximum absolute atomic E-state index is 12.4. The summed E-state index contributed by atoms with van der Waals surface area (Å²) in [5.41, 5.74) is 0.829. The number of amides is 1. The van der Waals surface area contributed by atoms with Gasteiger partial charge >= 0.3 is 0 Å². The molecule has 1 saturated heterocycles. The van der Waals surface area contributed by atoms with Gasteiger partial charge in [0.05, 0.1) is 11.5 Å². The number of nitro benzene ring substituents is 1. The average Bonchev–Trinajstić information content (AvgIpc) is 2.59. The first kappa shape index (κ1) is 18.2. The summed E-state index contributed by atoms with van der Waals surface area (Å²) in [6, 6.07) is 4.67. The van der Waals surface area contributed by atoms with E-state index in [4.69, 9.17) is 5.11 Å². The summed E-state index contributed by atoms with van der Waals surface area (Å²) in [5, 5.41) is 20.5. The fourth-order valence-electron chi connectivity index (χ4n) is 3.03. The van der Waals surface area contributed by atoms with E-state index in [0.717, 1.165) is 25.9 Å². The molecule has 24 heavy (non-hydrogen) atoms. The lowest BCUT2D eigenvalue weighted by Crippen LogP contribution is -2.34. The van der Waals surface area contributed by atoms with Crippen molar-refractivity contribution in [1.82, 2.24) is 4.90 Å². The number of hydrogen-bond acceptors (Lipinski definition) is 5. The lowest BCUT2D eigenvalue weighted by molar-refractivity contribution is -0.384. The van der Waals surface area contributed by atoms with Crippen LogP contribution in [0, 0.1) is 16.0 Å². The van der Waals surface area contributed by atoms with Crippen LogP contribution in [0.1, 0.15) is 37.0 Å². The van der Waals surface area contributed by atoms with Crippen molar-refractivity contribution in [2.24, 2.45) is 5.92 Å². The molecule has 0 aromatic heterocycles. The lowest BCUT2D eigenvalue weighted by Gasteiger charge is -2.31. The van der Waals surface area contributed by atoms with Gasteiger partial charge in [0.2, 0.25) is 0 Å². The van der Waals surface area contributed by atoms with Gasteiger partial charge in [0.15, 0.2) is 0 Å². The van der Waals surface area contributed by atoms with E-state index in [9.17, 15) is 14.9 Å². The summed E-state index contributed by atoms with van der Waals surface area (Å²) in [7, 11) is 0. The summed E-state index contributed by atoms with van der Waals surface area (Å²) in [6.45, 7) is 6.11. The maximum Gasteiger partial charge on any atom is 0.293 e. The minimum atomic E-state index is -0.424. The fraction of sp³-hybridized carbons (Fsp3) is 0.588. The number of likely N-dealkylation sites (N-methyl/N-ethyl adjacent to an activating group) is 1. The number of aliphatic hydroxyl groups is 1. The summed E-state index contributed by atoms with van der Waals surface area (Å²) >= 11 is 0. The first-order chi connectivity index (χ1) is 11.5. The summed E-state index contributed by atoms with van der Waals surface area (Å²) < 4.78 is 0. The minimum absolute atomic E-state index is 0.0320. The molecule has 0 spiro atoms. The standard InChI is InChI=1S/C17H25N3O4/c1-3-18(10-11-21)17(22)14-4-5-15(16(12-14)20(23)24)19-8-6-13(2)7-9-19/h4-5,12-13,21H,3,6-11H2,1-2H3. The Bertz CT molecular complexity index is 597. The third-order valence-electron chi connectivity index (χ3n) is 4.58. The Kier molecular flexibility index (Phi) is 6.14. The predicted molar refractivity (Wildman–Crippen MR) is 92.4 cm³/mol. The van der Waals surface area contributed by atoms with Gasteiger partial charge in [0.25, 0.3) is 11.6 Å². The van der Waals surface area contributed by atoms with Gasteiger partial charge in [-0.3, -0.25) is 14.9 Å². The highest BCUT2D eigenvalue weighted by Gasteiger charge is 2.25. The van der Waals surface area contributed by atoms with Crippen LogP contribution in [-0.2, 0) is 0 Å². The van der Waals surface area contributed by atoms with Gasteiger partial charge in [0, 0.05) is 37.8 Å².